The number of rotatable bonds is 8. The van der Waals surface area contributed by atoms with Gasteiger partial charge in [-0.1, -0.05) is 37.3 Å². The highest BCUT2D eigenvalue weighted by molar-refractivity contribution is 7.98. The van der Waals surface area contributed by atoms with E-state index in [1.807, 2.05) is 30.0 Å². The van der Waals surface area contributed by atoms with Crippen LogP contribution in [-0.2, 0) is 6.42 Å². The van der Waals surface area contributed by atoms with Crippen molar-refractivity contribution in [2.45, 2.75) is 31.9 Å². The zero-order chi connectivity index (χ0) is 13.4. The van der Waals surface area contributed by atoms with Crippen LogP contribution in [0.5, 0.6) is 0 Å². The Morgan fingerprint density at radius 1 is 1.28 bits per heavy atom. The van der Waals surface area contributed by atoms with E-state index in [1.54, 1.807) is 0 Å². The van der Waals surface area contributed by atoms with Gasteiger partial charge in [-0.2, -0.15) is 11.8 Å². The van der Waals surface area contributed by atoms with Gasteiger partial charge in [-0.15, -0.1) is 0 Å². The Hall–Kier alpha value is -0.510. The van der Waals surface area contributed by atoms with Gasteiger partial charge in [-0.05, 0) is 31.7 Å². The van der Waals surface area contributed by atoms with Crippen molar-refractivity contribution in [2.75, 3.05) is 25.6 Å². The minimum atomic E-state index is -0.284. The lowest BCUT2D eigenvalue weighted by Crippen LogP contribution is -2.39. The minimum Gasteiger partial charge on any atom is -0.391 e. The number of hydrogen-bond acceptors (Lipinski definition) is 3. The van der Waals surface area contributed by atoms with Gasteiger partial charge >= 0.3 is 0 Å². The summed E-state index contributed by atoms with van der Waals surface area (Å²) in [4.78, 5) is 2.28. The predicted molar refractivity (Wildman–Crippen MR) is 81.2 cm³/mol. The van der Waals surface area contributed by atoms with Crippen molar-refractivity contribution in [3.05, 3.63) is 35.9 Å². The van der Waals surface area contributed by atoms with Crippen molar-refractivity contribution in [3.8, 4) is 0 Å². The summed E-state index contributed by atoms with van der Waals surface area (Å²) in [6.07, 6.45) is 3.72. The summed E-state index contributed by atoms with van der Waals surface area (Å²) < 4.78 is 0. The third-order valence-corrected chi connectivity index (χ3v) is 3.98. The van der Waals surface area contributed by atoms with Crippen molar-refractivity contribution >= 4 is 11.8 Å². The van der Waals surface area contributed by atoms with E-state index in [-0.39, 0.29) is 6.10 Å². The molecule has 0 aliphatic carbocycles. The first-order chi connectivity index (χ1) is 8.67. The monoisotopic (exact) mass is 267 g/mol. The van der Waals surface area contributed by atoms with Crippen LogP contribution in [0.4, 0.5) is 0 Å². The quantitative estimate of drug-likeness (QED) is 0.783. The number of aliphatic hydroxyl groups excluding tert-OH is 1. The molecule has 3 heteroatoms. The van der Waals surface area contributed by atoms with Crippen molar-refractivity contribution in [2.24, 2.45) is 0 Å². The molecular formula is C15H25NOS. The van der Waals surface area contributed by atoms with Crippen molar-refractivity contribution in [1.29, 1.82) is 0 Å². The molecule has 0 aromatic heterocycles. The number of thioether (sulfide) groups is 1. The van der Waals surface area contributed by atoms with Crippen molar-refractivity contribution in [3.63, 3.8) is 0 Å². The summed E-state index contributed by atoms with van der Waals surface area (Å²) >= 11 is 1.87. The second-order valence-corrected chi connectivity index (χ2v) is 5.71. The van der Waals surface area contributed by atoms with Gasteiger partial charge < -0.3 is 10.0 Å². The Kier molecular flexibility index (Phi) is 7.40. The molecule has 2 unspecified atom stereocenters. The summed E-state index contributed by atoms with van der Waals surface area (Å²) in [5.41, 5.74) is 1.20. The van der Waals surface area contributed by atoms with E-state index >= 15 is 0 Å². The van der Waals surface area contributed by atoms with Crippen LogP contribution >= 0.6 is 11.8 Å². The molecule has 0 saturated heterocycles. The van der Waals surface area contributed by atoms with Crippen LogP contribution in [0.25, 0.3) is 0 Å². The van der Waals surface area contributed by atoms with Gasteiger partial charge in [-0.3, -0.25) is 0 Å². The Labute approximate surface area is 115 Å². The molecule has 0 amide bonds. The first-order valence-corrected chi connectivity index (χ1v) is 7.97. The van der Waals surface area contributed by atoms with Gasteiger partial charge in [0, 0.05) is 18.3 Å². The molecule has 0 aliphatic rings. The van der Waals surface area contributed by atoms with Crippen LogP contribution in [-0.4, -0.2) is 47.8 Å². The van der Waals surface area contributed by atoms with E-state index < -0.39 is 0 Å². The second-order valence-electron chi connectivity index (χ2n) is 4.80. The van der Waals surface area contributed by atoms with Crippen LogP contribution in [0.1, 0.15) is 18.9 Å². The van der Waals surface area contributed by atoms with Crippen LogP contribution in [0.15, 0.2) is 30.3 Å². The molecule has 1 aromatic rings. The fourth-order valence-corrected chi connectivity index (χ4v) is 3.06. The first-order valence-electron chi connectivity index (χ1n) is 6.58. The summed E-state index contributed by atoms with van der Waals surface area (Å²) in [6.45, 7) is 2.95. The fraction of sp³-hybridized carbons (Fsp3) is 0.600. The van der Waals surface area contributed by atoms with E-state index in [4.69, 9.17) is 0 Å². The number of aliphatic hydroxyl groups is 1. The standard InChI is InChI=1S/C15H25NOS/c1-4-14(12-18-3)16(2)11-15(17)10-13-8-6-5-7-9-13/h5-9,14-15,17H,4,10-12H2,1-3H3. The van der Waals surface area contributed by atoms with Crippen molar-refractivity contribution < 1.29 is 5.11 Å². The molecule has 2 nitrogen and oxygen atoms in total. The fourth-order valence-electron chi connectivity index (χ4n) is 2.18. The van der Waals surface area contributed by atoms with E-state index in [9.17, 15) is 5.11 Å². The molecule has 1 aromatic carbocycles. The number of likely N-dealkylation sites (N-methyl/N-ethyl adjacent to an activating group) is 1. The largest absolute Gasteiger partial charge is 0.391 e. The highest BCUT2D eigenvalue weighted by atomic mass is 32.2. The van der Waals surface area contributed by atoms with Gasteiger partial charge in [0.15, 0.2) is 0 Å². The highest BCUT2D eigenvalue weighted by Gasteiger charge is 2.15. The maximum Gasteiger partial charge on any atom is 0.0707 e. The Bertz CT molecular complexity index is 318. The molecule has 18 heavy (non-hydrogen) atoms. The highest BCUT2D eigenvalue weighted by Crippen LogP contribution is 2.10. The molecule has 102 valence electrons. The molecule has 0 aliphatic heterocycles. The predicted octanol–water partition coefficient (Wildman–Crippen LogP) is 2.66. The molecule has 0 fully saturated rings. The number of nitrogens with zero attached hydrogens (tertiary/aromatic N) is 1. The maximum atomic E-state index is 10.1. The van der Waals surface area contributed by atoms with E-state index in [2.05, 4.69) is 37.3 Å². The lowest BCUT2D eigenvalue weighted by Gasteiger charge is -2.28. The van der Waals surface area contributed by atoms with Crippen LogP contribution in [0, 0.1) is 0 Å². The molecular weight excluding hydrogens is 242 g/mol. The second kappa shape index (κ2) is 8.57. The average Bonchev–Trinajstić information content (AvgIpc) is 2.36. The maximum absolute atomic E-state index is 10.1. The third-order valence-electron chi connectivity index (χ3n) is 3.27. The SMILES string of the molecule is CCC(CSC)N(C)CC(O)Cc1ccccc1. The Morgan fingerprint density at radius 3 is 2.50 bits per heavy atom. The summed E-state index contributed by atoms with van der Waals surface area (Å²) in [7, 11) is 2.11. The minimum absolute atomic E-state index is 0.284. The lowest BCUT2D eigenvalue weighted by atomic mass is 10.1. The zero-order valence-corrected chi connectivity index (χ0v) is 12.5. The normalized spacial score (nSPS) is 14.7. The molecule has 0 radical (unpaired) electrons. The molecule has 2 atom stereocenters. The molecule has 0 saturated carbocycles. The number of hydrogen-bond donors (Lipinski definition) is 1. The topological polar surface area (TPSA) is 23.5 Å². The average molecular weight is 267 g/mol. The number of benzene rings is 1. The summed E-state index contributed by atoms with van der Waals surface area (Å²) in [5.74, 6) is 1.13. The summed E-state index contributed by atoms with van der Waals surface area (Å²) in [6, 6.07) is 10.8. The molecule has 0 heterocycles. The van der Waals surface area contributed by atoms with Gasteiger partial charge in [0.05, 0.1) is 6.10 Å². The molecule has 1 N–H and O–H groups in total. The molecule has 1 rings (SSSR count). The lowest BCUT2D eigenvalue weighted by molar-refractivity contribution is 0.108. The third kappa shape index (κ3) is 5.42. The zero-order valence-electron chi connectivity index (χ0n) is 11.7. The van der Waals surface area contributed by atoms with Crippen molar-refractivity contribution in [1.82, 2.24) is 4.90 Å². The Morgan fingerprint density at radius 2 is 1.94 bits per heavy atom. The van der Waals surface area contributed by atoms with Crippen LogP contribution in [0.2, 0.25) is 0 Å². The van der Waals surface area contributed by atoms with E-state index in [1.165, 1.54) is 5.56 Å². The van der Waals surface area contributed by atoms with E-state index in [0.29, 0.717) is 6.04 Å². The smallest absolute Gasteiger partial charge is 0.0707 e. The van der Waals surface area contributed by atoms with Gasteiger partial charge in [0.2, 0.25) is 0 Å². The summed E-state index contributed by atoms with van der Waals surface area (Å²) in [5, 5.41) is 10.1. The van der Waals surface area contributed by atoms with E-state index in [0.717, 1.165) is 25.1 Å². The Balaban J connectivity index is 2.41. The first kappa shape index (κ1) is 15.5. The van der Waals surface area contributed by atoms with Crippen LogP contribution < -0.4 is 0 Å². The van der Waals surface area contributed by atoms with Gasteiger partial charge in [0.25, 0.3) is 0 Å². The van der Waals surface area contributed by atoms with Crippen LogP contribution in [0.3, 0.4) is 0 Å². The molecule has 0 spiro atoms. The molecule has 0 bridgehead atoms. The van der Waals surface area contributed by atoms with Gasteiger partial charge in [0.1, 0.15) is 0 Å². The van der Waals surface area contributed by atoms with Gasteiger partial charge in [-0.25, -0.2) is 0 Å².